The third kappa shape index (κ3) is 10.5. The van der Waals surface area contributed by atoms with E-state index >= 15 is 0 Å². The Balaban J connectivity index is 1.57. The van der Waals surface area contributed by atoms with Crippen LogP contribution in [0.15, 0.2) is 36.4 Å². The molecule has 2 fully saturated rings. The molecule has 0 aliphatic carbocycles. The minimum atomic E-state index is -5.06. The van der Waals surface area contributed by atoms with E-state index < -0.39 is 41.0 Å². The number of hydrogen-bond donors (Lipinski definition) is 0. The van der Waals surface area contributed by atoms with E-state index in [1.165, 1.54) is 4.90 Å². The Bertz CT molecular complexity index is 1300. The summed E-state index contributed by atoms with van der Waals surface area (Å²) in [5, 5.41) is 0. The molecule has 262 valence electrons. The fourth-order valence-electron chi connectivity index (χ4n) is 6.06. The predicted octanol–water partition coefficient (Wildman–Crippen LogP) is 5.51. The lowest BCUT2D eigenvalue weighted by molar-refractivity contribution is -0.143. The largest absolute Gasteiger partial charge is 0.467 e. The number of benzene rings is 2. The van der Waals surface area contributed by atoms with E-state index in [0.717, 1.165) is 30.8 Å². The monoisotopic (exact) mass is 675 g/mol. The molecule has 0 aromatic heterocycles. The number of methoxy groups -OCH3 is 1. The number of carbonyl (C=O) groups is 1. The van der Waals surface area contributed by atoms with Crippen molar-refractivity contribution in [2.24, 2.45) is 0 Å². The fourth-order valence-corrected chi connectivity index (χ4v) is 6.06. The maximum absolute atomic E-state index is 13.8. The molecule has 0 bridgehead atoms. The standard InChI is InChI=1S/C33H43F6N3O5/c1-22-5-6-25(14-30(22)46-21-45-12-11-44-4)13-29-20-40(7-8-41-18-23(2)47-24(3)19-41)9-10-42(29)31(43)26-15-27(32(34,35)36)17-28(16-26)33(37,38)39/h5-6,14-17,23-24,29H,7-13,18-21H2,1-4H3/t23-,24+,29?. The molecule has 2 aromatic rings. The molecule has 2 saturated heterocycles. The Hall–Kier alpha value is -2.91. The maximum atomic E-state index is 13.8. The van der Waals surface area contributed by atoms with Crippen LogP contribution in [0.2, 0.25) is 0 Å². The molecule has 3 atom stereocenters. The summed E-state index contributed by atoms with van der Waals surface area (Å²) in [6.45, 7) is 10.6. The van der Waals surface area contributed by atoms with E-state index in [-0.39, 0.29) is 31.6 Å². The lowest BCUT2D eigenvalue weighted by Crippen LogP contribution is -2.57. The predicted molar refractivity (Wildman–Crippen MR) is 162 cm³/mol. The number of carbonyl (C=O) groups excluding carboxylic acids is 1. The molecule has 2 aliphatic heterocycles. The molecule has 0 saturated carbocycles. The molecular formula is C33H43F6N3O5. The van der Waals surface area contributed by atoms with E-state index in [1.807, 2.05) is 39.0 Å². The normalized spacial score (nSPS) is 21.7. The van der Waals surface area contributed by atoms with Crippen LogP contribution in [0, 0.1) is 6.92 Å². The molecule has 2 aliphatic rings. The van der Waals surface area contributed by atoms with Gasteiger partial charge in [0.15, 0.2) is 6.79 Å². The van der Waals surface area contributed by atoms with E-state index in [9.17, 15) is 31.1 Å². The number of hydrogen-bond acceptors (Lipinski definition) is 7. The minimum absolute atomic E-state index is 0.00860. The van der Waals surface area contributed by atoms with Crippen molar-refractivity contribution in [1.82, 2.24) is 14.7 Å². The molecule has 0 spiro atoms. The van der Waals surface area contributed by atoms with Crippen LogP contribution in [-0.4, -0.2) is 112 Å². The number of rotatable bonds is 12. The van der Waals surface area contributed by atoms with Crippen molar-refractivity contribution in [1.29, 1.82) is 0 Å². The van der Waals surface area contributed by atoms with Crippen LogP contribution in [0.3, 0.4) is 0 Å². The van der Waals surface area contributed by atoms with Gasteiger partial charge in [0.2, 0.25) is 0 Å². The van der Waals surface area contributed by atoms with Gasteiger partial charge in [-0.1, -0.05) is 12.1 Å². The highest BCUT2D eigenvalue weighted by atomic mass is 19.4. The highest BCUT2D eigenvalue weighted by molar-refractivity contribution is 5.95. The van der Waals surface area contributed by atoms with Crippen LogP contribution in [0.5, 0.6) is 5.75 Å². The van der Waals surface area contributed by atoms with Crippen molar-refractivity contribution in [2.75, 3.05) is 72.9 Å². The molecule has 14 heteroatoms. The van der Waals surface area contributed by atoms with Gasteiger partial charge in [0.1, 0.15) is 5.75 Å². The summed E-state index contributed by atoms with van der Waals surface area (Å²) in [7, 11) is 1.56. The third-order valence-corrected chi connectivity index (χ3v) is 8.34. The van der Waals surface area contributed by atoms with Crippen LogP contribution >= 0.6 is 0 Å². The maximum Gasteiger partial charge on any atom is 0.416 e. The van der Waals surface area contributed by atoms with E-state index in [2.05, 4.69) is 9.80 Å². The average molecular weight is 676 g/mol. The first-order valence-corrected chi connectivity index (χ1v) is 15.6. The van der Waals surface area contributed by atoms with Gasteiger partial charge >= 0.3 is 12.4 Å². The smallest absolute Gasteiger partial charge is 0.416 e. The number of nitrogens with zero attached hydrogens (tertiary/aromatic N) is 3. The Morgan fingerprint density at radius 2 is 1.51 bits per heavy atom. The van der Waals surface area contributed by atoms with Crippen LogP contribution in [0.25, 0.3) is 0 Å². The number of ether oxygens (including phenoxy) is 4. The van der Waals surface area contributed by atoms with Gasteiger partial charge in [-0.15, -0.1) is 0 Å². The zero-order chi connectivity index (χ0) is 34.4. The van der Waals surface area contributed by atoms with Crippen molar-refractivity contribution in [3.8, 4) is 5.75 Å². The van der Waals surface area contributed by atoms with Gasteiger partial charge in [0.25, 0.3) is 5.91 Å². The Morgan fingerprint density at radius 1 is 0.872 bits per heavy atom. The molecule has 8 nitrogen and oxygen atoms in total. The summed E-state index contributed by atoms with van der Waals surface area (Å²) in [6.07, 6.45) is -9.63. The number of morpholine rings is 1. The first-order valence-electron chi connectivity index (χ1n) is 15.6. The SMILES string of the molecule is COCCOCOc1cc(CC2CN(CCN3C[C@@H](C)O[C@@H](C)C3)CCN2C(=O)c2cc(C(F)(F)F)cc(C(F)(F)F)c2)ccc1C. The number of aryl methyl sites for hydroxylation is 1. The van der Waals surface area contributed by atoms with Gasteiger partial charge < -0.3 is 23.8 Å². The number of halogens is 6. The van der Waals surface area contributed by atoms with E-state index in [1.54, 1.807) is 7.11 Å². The lowest BCUT2D eigenvalue weighted by Gasteiger charge is -2.43. The summed E-state index contributed by atoms with van der Waals surface area (Å²) in [5.41, 5.74) is -2.05. The number of amides is 1. The highest BCUT2D eigenvalue weighted by Crippen LogP contribution is 2.37. The summed E-state index contributed by atoms with van der Waals surface area (Å²) < 4.78 is 104. The van der Waals surface area contributed by atoms with Crippen LogP contribution in [-0.2, 0) is 33.0 Å². The summed E-state index contributed by atoms with van der Waals surface area (Å²) >= 11 is 0. The number of piperazine rings is 1. The van der Waals surface area contributed by atoms with Crippen LogP contribution < -0.4 is 4.74 Å². The number of alkyl halides is 6. The molecular weight excluding hydrogens is 632 g/mol. The molecule has 1 amide bonds. The summed E-state index contributed by atoms with van der Waals surface area (Å²) in [6, 6.07) is 6.06. The van der Waals surface area contributed by atoms with E-state index in [4.69, 9.17) is 18.9 Å². The van der Waals surface area contributed by atoms with Gasteiger partial charge in [-0.3, -0.25) is 14.6 Å². The first kappa shape index (κ1) is 36.9. The Kier molecular flexibility index (Phi) is 12.6. The van der Waals surface area contributed by atoms with Gasteiger partial charge in [-0.25, -0.2) is 0 Å². The van der Waals surface area contributed by atoms with Gasteiger partial charge in [0, 0.05) is 64.5 Å². The zero-order valence-electron chi connectivity index (χ0n) is 27.1. The summed E-state index contributed by atoms with van der Waals surface area (Å²) in [5.74, 6) is -0.314. The van der Waals surface area contributed by atoms with Gasteiger partial charge in [0.05, 0.1) is 36.5 Å². The van der Waals surface area contributed by atoms with Crippen molar-refractivity contribution in [3.63, 3.8) is 0 Å². The van der Waals surface area contributed by atoms with Gasteiger partial charge in [-0.2, -0.15) is 26.3 Å². The van der Waals surface area contributed by atoms with Crippen molar-refractivity contribution >= 4 is 5.91 Å². The van der Waals surface area contributed by atoms with Gasteiger partial charge in [-0.05, 0) is 62.6 Å². The second-order valence-electron chi connectivity index (χ2n) is 12.2. The fraction of sp³-hybridized carbons (Fsp3) is 0.606. The van der Waals surface area contributed by atoms with E-state index in [0.29, 0.717) is 57.2 Å². The van der Waals surface area contributed by atoms with Crippen molar-refractivity contribution < 1.29 is 50.1 Å². The molecule has 0 radical (unpaired) electrons. The first-order chi connectivity index (χ1) is 22.1. The molecule has 0 N–H and O–H groups in total. The topological polar surface area (TPSA) is 63.7 Å². The van der Waals surface area contributed by atoms with Crippen LogP contribution in [0.4, 0.5) is 26.3 Å². The zero-order valence-corrected chi connectivity index (χ0v) is 27.1. The molecule has 47 heavy (non-hydrogen) atoms. The molecule has 1 unspecified atom stereocenters. The lowest BCUT2D eigenvalue weighted by atomic mass is 9.98. The van der Waals surface area contributed by atoms with Crippen LogP contribution in [0.1, 0.15) is 46.5 Å². The minimum Gasteiger partial charge on any atom is -0.467 e. The Labute approximate surface area is 271 Å². The molecule has 2 heterocycles. The second-order valence-corrected chi connectivity index (χ2v) is 12.2. The quantitative estimate of drug-likeness (QED) is 0.167. The Morgan fingerprint density at radius 3 is 2.13 bits per heavy atom. The average Bonchev–Trinajstić information content (AvgIpc) is 2.99. The highest BCUT2D eigenvalue weighted by Gasteiger charge is 2.39. The molecule has 2 aromatic carbocycles. The second kappa shape index (κ2) is 16.0. The summed E-state index contributed by atoms with van der Waals surface area (Å²) in [4.78, 5) is 19.7. The van der Waals surface area contributed by atoms with Crippen molar-refractivity contribution in [3.05, 3.63) is 64.2 Å². The van der Waals surface area contributed by atoms with Crippen molar-refractivity contribution in [2.45, 2.75) is 57.8 Å². The molecule has 4 rings (SSSR count). The third-order valence-electron chi connectivity index (χ3n) is 8.34.